The first kappa shape index (κ1) is 22.6. The average molecular weight is 476 g/mol. The fourth-order valence-corrected chi connectivity index (χ4v) is 4.67. The lowest BCUT2D eigenvalue weighted by molar-refractivity contribution is -0.144. The summed E-state index contributed by atoms with van der Waals surface area (Å²) in [5.41, 5.74) is 3.02. The molecule has 1 unspecified atom stereocenters. The van der Waals surface area contributed by atoms with E-state index in [4.69, 9.17) is 9.15 Å². The molecule has 3 N–H and O–H groups in total. The molecule has 9 heteroatoms. The Labute approximate surface area is 201 Å². The zero-order chi connectivity index (χ0) is 24.6. The van der Waals surface area contributed by atoms with Crippen LogP contribution in [0.2, 0.25) is 0 Å². The molecule has 0 spiro atoms. The number of carbonyl (C=O) groups excluding carboxylic acids is 2. The molecule has 180 valence electrons. The number of nitrogens with zero attached hydrogens (tertiary/aromatic N) is 1. The lowest BCUT2D eigenvalue weighted by atomic mass is 9.95. The lowest BCUT2D eigenvalue weighted by Gasteiger charge is -2.25. The van der Waals surface area contributed by atoms with E-state index in [1.54, 1.807) is 0 Å². The fraction of sp³-hybridized carbons (Fsp3) is 0.308. The van der Waals surface area contributed by atoms with Gasteiger partial charge in [-0.1, -0.05) is 48.5 Å². The summed E-state index contributed by atoms with van der Waals surface area (Å²) in [4.78, 5) is 40.8. The number of alkyl carbamates (subject to hydrolysis) is 1. The predicted octanol–water partition coefficient (Wildman–Crippen LogP) is 3.70. The number of carboxylic acid groups (broad SMARTS) is 1. The van der Waals surface area contributed by atoms with E-state index in [-0.39, 0.29) is 36.4 Å². The Hall–Kier alpha value is -4.14. The van der Waals surface area contributed by atoms with E-state index in [9.17, 15) is 19.5 Å². The van der Waals surface area contributed by atoms with Gasteiger partial charge in [-0.05, 0) is 47.9 Å². The summed E-state index contributed by atoms with van der Waals surface area (Å²) in [7, 11) is 0. The molecule has 0 bridgehead atoms. The lowest BCUT2D eigenvalue weighted by Crippen LogP contribution is -2.54. The predicted molar refractivity (Wildman–Crippen MR) is 125 cm³/mol. The number of carbonyl (C=O) groups is 3. The second kappa shape index (κ2) is 8.90. The Balaban J connectivity index is 1.20. The Morgan fingerprint density at radius 1 is 1.09 bits per heavy atom. The Bertz CT molecular complexity index is 1250. The smallest absolute Gasteiger partial charge is 0.407 e. The van der Waals surface area contributed by atoms with Crippen molar-refractivity contribution in [2.75, 3.05) is 6.61 Å². The van der Waals surface area contributed by atoms with Crippen LogP contribution in [0.3, 0.4) is 0 Å². The summed E-state index contributed by atoms with van der Waals surface area (Å²) >= 11 is 0. The van der Waals surface area contributed by atoms with E-state index >= 15 is 0 Å². The molecule has 2 amide bonds. The van der Waals surface area contributed by atoms with Crippen molar-refractivity contribution in [2.45, 2.75) is 37.8 Å². The zero-order valence-corrected chi connectivity index (χ0v) is 19.1. The van der Waals surface area contributed by atoms with Gasteiger partial charge in [-0.25, -0.2) is 14.6 Å². The van der Waals surface area contributed by atoms with Crippen LogP contribution in [0.5, 0.6) is 0 Å². The molecule has 0 aliphatic heterocycles. The maximum atomic E-state index is 12.7. The molecule has 0 radical (unpaired) electrons. The van der Waals surface area contributed by atoms with Crippen LogP contribution in [-0.2, 0) is 16.1 Å². The Kier molecular flexibility index (Phi) is 5.76. The maximum Gasteiger partial charge on any atom is 0.407 e. The first-order valence-electron chi connectivity index (χ1n) is 11.5. The number of oxazole rings is 1. The van der Waals surface area contributed by atoms with Crippen LogP contribution < -0.4 is 10.6 Å². The molecule has 1 fully saturated rings. The van der Waals surface area contributed by atoms with E-state index < -0.39 is 23.5 Å². The summed E-state index contributed by atoms with van der Waals surface area (Å²) in [6, 6.07) is 16.1. The molecule has 1 atom stereocenters. The molecule has 5 rings (SSSR count). The van der Waals surface area contributed by atoms with Gasteiger partial charge >= 0.3 is 12.1 Å². The van der Waals surface area contributed by atoms with Gasteiger partial charge < -0.3 is 24.9 Å². The van der Waals surface area contributed by atoms with E-state index in [0.29, 0.717) is 0 Å². The summed E-state index contributed by atoms with van der Waals surface area (Å²) in [6.45, 7) is 1.51. The van der Waals surface area contributed by atoms with Crippen molar-refractivity contribution in [1.82, 2.24) is 15.6 Å². The highest BCUT2D eigenvalue weighted by Crippen LogP contribution is 2.44. The highest BCUT2D eigenvalue weighted by Gasteiger charge is 2.49. The quantitative estimate of drug-likeness (QED) is 0.453. The fourth-order valence-electron chi connectivity index (χ4n) is 4.67. The van der Waals surface area contributed by atoms with Gasteiger partial charge in [0.05, 0.1) is 6.54 Å². The standard InChI is InChI=1S/C26H25N3O6/c1-26(24(31)32,15-10-11-15)29-23(30)22-21(35-14-28-22)12-27-25(33)34-13-20-18-8-4-2-6-16(18)17-7-3-5-9-19(17)20/h2-9,14-15,20H,10-13H2,1H3,(H,27,33)(H,29,30)(H,31,32). The van der Waals surface area contributed by atoms with Gasteiger partial charge in [0.15, 0.2) is 17.8 Å². The van der Waals surface area contributed by atoms with Crippen LogP contribution in [0.4, 0.5) is 4.79 Å². The number of fused-ring (bicyclic) bond motifs is 3. The van der Waals surface area contributed by atoms with Gasteiger partial charge in [-0.2, -0.15) is 0 Å². The number of ether oxygens (including phenoxy) is 1. The largest absolute Gasteiger partial charge is 0.480 e. The number of benzene rings is 2. The van der Waals surface area contributed by atoms with Crippen LogP contribution in [0.1, 0.15) is 53.1 Å². The number of rotatable bonds is 8. The molecule has 0 saturated heterocycles. The number of hydrogen-bond donors (Lipinski definition) is 3. The number of carboxylic acids is 1. The SMILES string of the molecule is CC(NC(=O)c1ncoc1CNC(=O)OCC1c2ccccc2-c2ccccc21)(C(=O)O)C1CC1. The maximum absolute atomic E-state index is 12.7. The van der Waals surface area contributed by atoms with Gasteiger partial charge in [-0.3, -0.25) is 4.79 Å². The van der Waals surface area contributed by atoms with Crippen LogP contribution in [0, 0.1) is 5.92 Å². The number of hydrogen-bond acceptors (Lipinski definition) is 6. The minimum Gasteiger partial charge on any atom is -0.480 e. The second-order valence-corrected chi connectivity index (χ2v) is 9.04. The molecule has 1 aromatic heterocycles. The molecule has 1 heterocycles. The summed E-state index contributed by atoms with van der Waals surface area (Å²) < 4.78 is 10.8. The third-order valence-electron chi connectivity index (χ3n) is 6.80. The van der Waals surface area contributed by atoms with Crippen molar-refractivity contribution in [1.29, 1.82) is 0 Å². The first-order valence-corrected chi connectivity index (χ1v) is 11.5. The van der Waals surface area contributed by atoms with Crippen LogP contribution in [-0.4, -0.2) is 40.2 Å². The Morgan fingerprint density at radius 2 is 1.71 bits per heavy atom. The molecule has 1 saturated carbocycles. The van der Waals surface area contributed by atoms with Gasteiger partial charge in [0.1, 0.15) is 12.1 Å². The van der Waals surface area contributed by atoms with Crippen molar-refractivity contribution in [3.8, 4) is 11.1 Å². The topological polar surface area (TPSA) is 131 Å². The van der Waals surface area contributed by atoms with E-state index in [1.807, 2.05) is 36.4 Å². The average Bonchev–Trinajstić information content (AvgIpc) is 3.53. The van der Waals surface area contributed by atoms with Gasteiger partial charge in [-0.15, -0.1) is 0 Å². The second-order valence-electron chi connectivity index (χ2n) is 9.04. The molecule has 2 aliphatic carbocycles. The summed E-state index contributed by atoms with van der Waals surface area (Å²) in [6.07, 6.45) is 1.89. The first-order chi connectivity index (χ1) is 16.9. The summed E-state index contributed by atoms with van der Waals surface area (Å²) in [5, 5.41) is 14.7. The van der Waals surface area contributed by atoms with E-state index in [1.165, 1.54) is 6.92 Å². The Morgan fingerprint density at radius 3 is 2.31 bits per heavy atom. The number of aromatic nitrogens is 1. The van der Waals surface area contributed by atoms with Crippen LogP contribution in [0.15, 0.2) is 59.3 Å². The minimum absolute atomic E-state index is 0.0722. The van der Waals surface area contributed by atoms with Gasteiger partial charge in [0.2, 0.25) is 0 Å². The van der Waals surface area contributed by atoms with Gasteiger partial charge in [0.25, 0.3) is 5.91 Å². The molecule has 2 aromatic carbocycles. The summed E-state index contributed by atoms with van der Waals surface area (Å²) in [5.74, 6) is -1.86. The van der Waals surface area contributed by atoms with Crippen molar-refractivity contribution < 1.29 is 28.6 Å². The minimum atomic E-state index is -1.38. The van der Waals surface area contributed by atoms with Crippen LogP contribution >= 0.6 is 0 Å². The van der Waals surface area contributed by atoms with Crippen LogP contribution in [0.25, 0.3) is 11.1 Å². The molecule has 35 heavy (non-hydrogen) atoms. The van der Waals surface area contributed by atoms with Crippen molar-refractivity contribution in [3.63, 3.8) is 0 Å². The molecular weight excluding hydrogens is 450 g/mol. The van der Waals surface area contributed by atoms with Crippen molar-refractivity contribution in [2.24, 2.45) is 5.92 Å². The molecule has 2 aliphatic rings. The zero-order valence-electron chi connectivity index (χ0n) is 19.1. The molecular formula is C26H25N3O6. The van der Waals surface area contributed by atoms with Crippen molar-refractivity contribution in [3.05, 3.63) is 77.5 Å². The van der Waals surface area contributed by atoms with Gasteiger partial charge in [0, 0.05) is 5.92 Å². The normalized spacial score (nSPS) is 16.0. The number of aliphatic carboxylic acids is 1. The van der Waals surface area contributed by atoms with E-state index in [0.717, 1.165) is 41.5 Å². The third kappa shape index (κ3) is 4.25. The highest BCUT2D eigenvalue weighted by molar-refractivity contribution is 5.97. The van der Waals surface area contributed by atoms with Crippen molar-refractivity contribution >= 4 is 18.0 Å². The molecule has 3 aromatic rings. The number of amides is 2. The molecule has 9 nitrogen and oxygen atoms in total. The highest BCUT2D eigenvalue weighted by atomic mass is 16.5. The monoisotopic (exact) mass is 475 g/mol. The number of nitrogens with one attached hydrogen (secondary N) is 2. The third-order valence-corrected chi connectivity index (χ3v) is 6.80. The van der Waals surface area contributed by atoms with E-state index in [2.05, 4.69) is 27.8 Å².